The van der Waals surface area contributed by atoms with Gasteiger partial charge in [0.25, 0.3) is 0 Å². The van der Waals surface area contributed by atoms with Crippen molar-refractivity contribution in [2.45, 2.75) is 37.6 Å². The Kier molecular flexibility index (Phi) is 5.15. The van der Waals surface area contributed by atoms with Gasteiger partial charge in [-0.15, -0.1) is 12.4 Å². The maximum Gasteiger partial charge on any atom is 0.227 e. The topological polar surface area (TPSA) is 64.9 Å². The zero-order chi connectivity index (χ0) is 14.2. The minimum atomic E-state index is -0.375. The van der Waals surface area contributed by atoms with Crippen molar-refractivity contribution in [3.63, 3.8) is 0 Å². The van der Waals surface area contributed by atoms with Crippen LogP contribution in [0.5, 0.6) is 0 Å². The molecule has 1 fully saturated rings. The fourth-order valence-corrected chi connectivity index (χ4v) is 2.81. The normalized spacial score (nSPS) is 16.1. The van der Waals surface area contributed by atoms with E-state index >= 15 is 0 Å². The third kappa shape index (κ3) is 3.51. The SMILES string of the molecule is Cl.NC1(c2noc(CCc3ccc(Cl)cc3Cl)n2)CCC1. The summed E-state index contributed by atoms with van der Waals surface area (Å²) >= 11 is 12.0. The molecular formula is C14H16Cl3N3O. The predicted molar refractivity (Wildman–Crippen MR) is 85.1 cm³/mol. The van der Waals surface area contributed by atoms with Gasteiger partial charge in [0.05, 0.1) is 5.54 Å². The number of halogens is 3. The van der Waals surface area contributed by atoms with Crippen molar-refractivity contribution in [3.05, 3.63) is 45.5 Å². The second-order valence-electron chi connectivity index (χ2n) is 5.26. The molecule has 21 heavy (non-hydrogen) atoms. The Labute approximate surface area is 139 Å². The first-order valence-electron chi connectivity index (χ1n) is 6.63. The second-order valence-corrected chi connectivity index (χ2v) is 6.10. The minimum absolute atomic E-state index is 0. The smallest absolute Gasteiger partial charge is 0.227 e. The van der Waals surface area contributed by atoms with Crippen molar-refractivity contribution in [1.29, 1.82) is 0 Å². The van der Waals surface area contributed by atoms with Crippen molar-refractivity contribution in [2.75, 3.05) is 0 Å². The molecule has 7 heteroatoms. The van der Waals surface area contributed by atoms with E-state index in [1.807, 2.05) is 12.1 Å². The highest BCUT2D eigenvalue weighted by atomic mass is 35.5. The summed E-state index contributed by atoms with van der Waals surface area (Å²) < 4.78 is 5.26. The average molecular weight is 349 g/mol. The lowest BCUT2D eigenvalue weighted by Gasteiger charge is -2.34. The van der Waals surface area contributed by atoms with Crippen LogP contribution in [0.3, 0.4) is 0 Å². The van der Waals surface area contributed by atoms with Crippen LogP contribution in [-0.2, 0) is 18.4 Å². The molecule has 114 valence electrons. The first kappa shape index (κ1) is 16.6. The quantitative estimate of drug-likeness (QED) is 0.909. The van der Waals surface area contributed by atoms with Crippen molar-refractivity contribution in [2.24, 2.45) is 5.73 Å². The van der Waals surface area contributed by atoms with Gasteiger partial charge in [-0.1, -0.05) is 34.4 Å². The number of aromatic nitrogens is 2. The molecule has 0 unspecified atom stereocenters. The van der Waals surface area contributed by atoms with Crippen LogP contribution in [0.15, 0.2) is 22.7 Å². The first-order chi connectivity index (χ1) is 9.57. The molecule has 0 saturated heterocycles. The maximum absolute atomic E-state index is 6.16. The number of aryl methyl sites for hydroxylation is 2. The van der Waals surface area contributed by atoms with Gasteiger partial charge < -0.3 is 10.3 Å². The van der Waals surface area contributed by atoms with Crippen LogP contribution >= 0.6 is 35.6 Å². The number of nitrogens with zero attached hydrogens (tertiary/aromatic N) is 2. The summed E-state index contributed by atoms with van der Waals surface area (Å²) in [4.78, 5) is 4.39. The fraction of sp³-hybridized carbons (Fsp3) is 0.429. The van der Waals surface area contributed by atoms with E-state index in [0.717, 1.165) is 31.2 Å². The Morgan fingerprint density at radius 2 is 2.00 bits per heavy atom. The molecule has 1 aliphatic carbocycles. The van der Waals surface area contributed by atoms with E-state index in [0.29, 0.717) is 28.2 Å². The Morgan fingerprint density at radius 1 is 1.24 bits per heavy atom. The molecule has 2 N–H and O–H groups in total. The number of nitrogens with two attached hydrogens (primary N) is 1. The third-order valence-corrected chi connectivity index (χ3v) is 4.37. The van der Waals surface area contributed by atoms with Crippen LogP contribution in [0.25, 0.3) is 0 Å². The Bertz CT molecular complexity index is 626. The summed E-state index contributed by atoms with van der Waals surface area (Å²) in [7, 11) is 0. The molecule has 0 aliphatic heterocycles. The number of hydrogen-bond donors (Lipinski definition) is 1. The molecule has 1 aromatic carbocycles. The molecule has 1 heterocycles. The monoisotopic (exact) mass is 347 g/mol. The van der Waals surface area contributed by atoms with Crippen LogP contribution in [0.1, 0.15) is 36.5 Å². The van der Waals surface area contributed by atoms with Gasteiger partial charge in [0.2, 0.25) is 5.89 Å². The van der Waals surface area contributed by atoms with Crippen molar-refractivity contribution < 1.29 is 4.52 Å². The standard InChI is InChI=1S/C14H15Cl2N3O.ClH/c15-10-4-2-9(11(16)8-10)3-5-12-18-13(19-20-12)14(17)6-1-7-14;/h2,4,8H,1,3,5-7,17H2;1H. The molecule has 0 spiro atoms. The molecule has 2 aromatic rings. The molecule has 1 aromatic heterocycles. The molecule has 0 amide bonds. The highest BCUT2D eigenvalue weighted by molar-refractivity contribution is 6.35. The van der Waals surface area contributed by atoms with Crippen molar-refractivity contribution in [1.82, 2.24) is 10.1 Å². The number of rotatable bonds is 4. The Balaban J connectivity index is 0.00000161. The summed E-state index contributed by atoms with van der Waals surface area (Å²) in [6, 6.07) is 5.48. The fourth-order valence-electron chi connectivity index (χ4n) is 2.31. The van der Waals surface area contributed by atoms with E-state index in [9.17, 15) is 0 Å². The summed E-state index contributed by atoms with van der Waals surface area (Å²) in [5.41, 5.74) is 6.81. The van der Waals surface area contributed by atoms with Gasteiger partial charge in [0.15, 0.2) is 5.82 Å². The third-order valence-electron chi connectivity index (χ3n) is 3.78. The minimum Gasteiger partial charge on any atom is -0.339 e. The van der Waals surface area contributed by atoms with Crippen LogP contribution in [0.4, 0.5) is 0 Å². The van der Waals surface area contributed by atoms with Crippen LogP contribution in [-0.4, -0.2) is 10.1 Å². The van der Waals surface area contributed by atoms with Gasteiger partial charge in [-0.05, 0) is 43.4 Å². The van der Waals surface area contributed by atoms with E-state index in [2.05, 4.69) is 10.1 Å². The summed E-state index contributed by atoms with van der Waals surface area (Å²) in [6.07, 6.45) is 4.35. The van der Waals surface area contributed by atoms with E-state index in [4.69, 9.17) is 33.5 Å². The maximum atomic E-state index is 6.16. The summed E-state index contributed by atoms with van der Waals surface area (Å²) in [5.74, 6) is 1.23. The van der Waals surface area contributed by atoms with Crippen LogP contribution in [0.2, 0.25) is 10.0 Å². The lowest BCUT2D eigenvalue weighted by Crippen LogP contribution is -2.44. The molecule has 3 rings (SSSR count). The van der Waals surface area contributed by atoms with Gasteiger partial charge in [-0.25, -0.2) is 0 Å². The molecule has 0 bridgehead atoms. The lowest BCUT2D eigenvalue weighted by molar-refractivity contribution is 0.229. The lowest BCUT2D eigenvalue weighted by atomic mass is 9.77. The summed E-state index contributed by atoms with van der Waals surface area (Å²) in [5, 5.41) is 5.29. The van der Waals surface area contributed by atoms with Gasteiger partial charge >= 0.3 is 0 Å². The van der Waals surface area contributed by atoms with E-state index in [1.165, 1.54) is 0 Å². The second kappa shape index (κ2) is 6.53. The molecule has 0 radical (unpaired) electrons. The zero-order valence-corrected chi connectivity index (χ0v) is 13.6. The van der Waals surface area contributed by atoms with Gasteiger partial charge in [0.1, 0.15) is 0 Å². The van der Waals surface area contributed by atoms with Gasteiger partial charge in [0, 0.05) is 16.5 Å². The molecule has 4 nitrogen and oxygen atoms in total. The zero-order valence-electron chi connectivity index (χ0n) is 11.3. The van der Waals surface area contributed by atoms with Crippen molar-refractivity contribution >= 4 is 35.6 Å². The highest BCUT2D eigenvalue weighted by Crippen LogP contribution is 2.36. The van der Waals surface area contributed by atoms with Crippen LogP contribution in [0, 0.1) is 0 Å². The summed E-state index contributed by atoms with van der Waals surface area (Å²) in [6.45, 7) is 0. The molecular weight excluding hydrogens is 333 g/mol. The van der Waals surface area contributed by atoms with Crippen LogP contribution < -0.4 is 5.73 Å². The highest BCUT2D eigenvalue weighted by Gasteiger charge is 2.38. The average Bonchev–Trinajstić information content (AvgIpc) is 2.84. The largest absolute Gasteiger partial charge is 0.339 e. The van der Waals surface area contributed by atoms with E-state index in [-0.39, 0.29) is 17.9 Å². The predicted octanol–water partition coefficient (Wildman–Crippen LogP) is 3.92. The van der Waals surface area contributed by atoms with Gasteiger partial charge in [-0.2, -0.15) is 4.98 Å². The molecule has 1 aliphatic rings. The Hall–Kier alpha value is -0.810. The van der Waals surface area contributed by atoms with E-state index in [1.54, 1.807) is 6.07 Å². The number of hydrogen-bond acceptors (Lipinski definition) is 4. The Morgan fingerprint density at radius 3 is 2.62 bits per heavy atom. The molecule has 1 saturated carbocycles. The van der Waals surface area contributed by atoms with E-state index < -0.39 is 0 Å². The first-order valence-corrected chi connectivity index (χ1v) is 7.38. The number of benzene rings is 1. The van der Waals surface area contributed by atoms with Gasteiger partial charge in [-0.3, -0.25) is 0 Å². The van der Waals surface area contributed by atoms with Crippen molar-refractivity contribution in [3.8, 4) is 0 Å². The molecule has 0 atom stereocenters.